The van der Waals surface area contributed by atoms with Crippen molar-refractivity contribution in [1.82, 2.24) is 4.90 Å². The van der Waals surface area contributed by atoms with Crippen molar-refractivity contribution in [1.29, 1.82) is 0 Å². The van der Waals surface area contributed by atoms with Crippen LogP contribution in [0.4, 0.5) is 4.39 Å². The summed E-state index contributed by atoms with van der Waals surface area (Å²) in [5.74, 6) is 0.595. The van der Waals surface area contributed by atoms with Crippen molar-refractivity contribution in [3.8, 4) is 5.75 Å². The molecular formula is C20H22FNO3. The van der Waals surface area contributed by atoms with Crippen LogP contribution in [0, 0.1) is 5.82 Å². The predicted molar refractivity (Wildman–Crippen MR) is 93.0 cm³/mol. The van der Waals surface area contributed by atoms with E-state index in [-0.39, 0.29) is 17.8 Å². The Balaban J connectivity index is 1.58. The molecule has 0 spiro atoms. The van der Waals surface area contributed by atoms with Gasteiger partial charge in [-0.2, -0.15) is 0 Å². The van der Waals surface area contributed by atoms with E-state index in [0.717, 1.165) is 16.9 Å². The zero-order valence-corrected chi connectivity index (χ0v) is 14.3. The minimum absolute atomic E-state index is 0.0903. The number of morpholine rings is 1. The molecule has 0 aromatic heterocycles. The maximum atomic E-state index is 13.4. The van der Waals surface area contributed by atoms with Gasteiger partial charge in [-0.25, -0.2) is 4.39 Å². The molecule has 3 rings (SSSR count). The fraction of sp³-hybridized carbons (Fsp3) is 0.350. The van der Waals surface area contributed by atoms with Gasteiger partial charge in [0.2, 0.25) is 5.91 Å². The predicted octanol–water partition coefficient (Wildman–Crippen LogP) is 3.37. The molecule has 0 bridgehead atoms. The number of carbonyl (C=O) groups excluding carboxylic acids is 1. The molecule has 132 valence electrons. The Morgan fingerprint density at radius 1 is 1.28 bits per heavy atom. The van der Waals surface area contributed by atoms with Gasteiger partial charge in [-0.15, -0.1) is 0 Å². The Hall–Kier alpha value is -2.40. The lowest BCUT2D eigenvalue weighted by atomic mass is 10.1. The quantitative estimate of drug-likeness (QED) is 0.835. The Labute approximate surface area is 147 Å². The number of rotatable bonds is 5. The molecule has 2 aromatic rings. The molecule has 1 heterocycles. The van der Waals surface area contributed by atoms with Crippen LogP contribution in [0.15, 0.2) is 48.5 Å². The number of nitrogens with zero attached hydrogens (tertiary/aromatic N) is 1. The smallest absolute Gasteiger partial charge is 0.223 e. The van der Waals surface area contributed by atoms with Gasteiger partial charge in [-0.3, -0.25) is 4.79 Å². The summed E-state index contributed by atoms with van der Waals surface area (Å²) in [5, 5.41) is 0. The van der Waals surface area contributed by atoms with Crippen molar-refractivity contribution in [2.24, 2.45) is 0 Å². The molecular weight excluding hydrogens is 321 g/mol. The fourth-order valence-electron chi connectivity index (χ4n) is 3.02. The molecule has 1 aliphatic heterocycles. The maximum Gasteiger partial charge on any atom is 0.223 e. The molecule has 5 heteroatoms. The second-order valence-electron chi connectivity index (χ2n) is 6.11. The summed E-state index contributed by atoms with van der Waals surface area (Å²) < 4.78 is 24.3. The van der Waals surface area contributed by atoms with Crippen LogP contribution in [0.2, 0.25) is 0 Å². The lowest BCUT2D eigenvalue weighted by molar-refractivity contribution is -0.139. The van der Waals surface area contributed by atoms with Gasteiger partial charge < -0.3 is 14.4 Å². The average Bonchev–Trinajstić information content (AvgIpc) is 2.66. The molecule has 1 atom stereocenters. The summed E-state index contributed by atoms with van der Waals surface area (Å²) in [7, 11) is 1.63. The number of halogens is 1. The third kappa shape index (κ3) is 4.57. The Kier molecular flexibility index (Phi) is 5.66. The van der Waals surface area contributed by atoms with Gasteiger partial charge in [0.05, 0.1) is 20.3 Å². The lowest BCUT2D eigenvalue weighted by Gasteiger charge is -2.33. The van der Waals surface area contributed by atoms with E-state index in [9.17, 15) is 9.18 Å². The largest absolute Gasteiger partial charge is 0.497 e. The standard InChI is InChI=1S/C20H22FNO3/c1-24-18-7-2-4-15(12-18)8-9-20(23)22-10-11-25-19(14-22)16-5-3-6-17(21)13-16/h2-7,12-13,19H,8-11,14H2,1H3. The van der Waals surface area contributed by atoms with Crippen molar-refractivity contribution in [3.63, 3.8) is 0 Å². The van der Waals surface area contributed by atoms with Gasteiger partial charge >= 0.3 is 0 Å². The molecule has 0 saturated carbocycles. The monoisotopic (exact) mass is 343 g/mol. The fourth-order valence-corrected chi connectivity index (χ4v) is 3.02. The zero-order valence-electron chi connectivity index (χ0n) is 14.3. The van der Waals surface area contributed by atoms with E-state index in [2.05, 4.69) is 0 Å². The molecule has 1 amide bonds. The molecule has 0 N–H and O–H groups in total. The number of hydrogen-bond donors (Lipinski definition) is 0. The number of methoxy groups -OCH3 is 1. The molecule has 1 unspecified atom stereocenters. The third-order valence-electron chi connectivity index (χ3n) is 4.40. The van der Waals surface area contributed by atoms with E-state index < -0.39 is 0 Å². The Morgan fingerprint density at radius 2 is 2.12 bits per heavy atom. The summed E-state index contributed by atoms with van der Waals surface area (Å²) >= 11 is 0. The minimum Gasteiger partial charge on any atom is -0.497 e. The zero-order chi connectivity index (χ0) is 17.6. The summed E-state index contributed by atoms with van der Waals surface area (Å²) in [5.41, 5.74) is 1.84. The van der Waals surface area contributed by atoms with Crippen LogP contribution in [0.25, 0.3) is 0 Å². The van der Waals surface area contributed by atoms with Crippen molar-refractivity contribution in [2.75, 3.05) is 26.8 Å². The van der Waals surface area contributed by atoms with Crippen molar-refractivity contribution >= 4 is 5.91 Å². The number of aryl methyl sites for hydroxylation is 1. The second-order valence-corrected chi connectivity index (χ2v) is 6.11. The molecule has 25 heavy (non-hydrogen) atoms. The van der Waals surface area contributed by atoms with Gasteiger partial charge in [0.25, 0.3) is 0 Å². The highest BCUT2D eigenvalue weighted by Gasteiger charge is 2.25. The number of amides is 1. The average molecular weight is 343 g/mol. The van der Waals surface area contributed by atoms with E-state index >= 15 is 0 Å². The molecule has 0 radical (unpaired) electrons. The van der Waals surface area contributed by atoms with Crippen LogP contribution in [-0.4, -0.2) is 37.6 Å². The first-order chi connectivity index (χ1) is 12.2. The van der Waals surface area contributed by atoms with Gasteiger partial charge in [0.1, 0.15) is 17.7 Å². The highest BCUT2D eigenvalue weighted by molar-refractivity contribution is 5.76. The second kappa shape index (κ2) is 8.12. The van der Waals surface area contributed by atoms with Crippen molar-refractivity contribution in [2.45, 2.75) is 18.9 Å². The molecule has 2 aromatic carbocycles. The summed E-state index contributed by atoms with van der Waals surface area (Å²) in [6.07, 6.45) is 0.825. The van der Waals surface area contributed by atoms with Gasteiger partial charge in [-0.05, 0) is 41.8 Å². The van der Waals surface area contributed by atoms with Crippen LogP contribution in [0.5, 0.6) is 5.75 Å². The number of hydrogen-bond acceptors (Lipinski definition) is 3. The first-order valence-electron chi connectivity index (χ1n) is 8.43. The van der Waals surface area contributed by atoms with Crippen molar-refractivity contribution in [3.05, 3.63) is 65.5 Å². The third-order valence-corrected chi connectivity index (χ3v) is 4.40. The van der Waals surface area contributed by atoms with E-state index in [4.69, 9.17) is 9.47 Å². The number of ether oxygens (including phenoxy) is 2. The molecule has 4 nitrogen and oxygen atoms in total. The number of carbonyl (C=O) groups is 1. The molecule has 1 saturated heterocycles. The Bertz CT molecular complexity index is 734. The first-order valence-corrected chi connectivity index (χ1v) is 8.43. The van der Waals surface area contributed by atoms with E-state index in [1.807, 2.05) is 30.3 Å². The minimum atomic E-state index is -0.289. The van der Waals surface area contributed by atoms with Gasteiger partial charge in [-0.1, -0.05) is 24.3 Å². The number of benzene rings is 2. The van der Waals surface area contributed by atoms with Gasteiger partial charge in [0.15, 0.2) is 0 Å². The molecule has 1 fully saturated rings. The normalized spacial score (nSPS) is 17.4. The van der Waals surface area contributed by atoms with Crippen LogP contribution < -0.4 is 4.74 Å². The van der Waals surface area contributed by atoms with Crippen LogP contribution in [-0.2, 0) is 16.0 Å². The summed E-state index contributed by atoms with van der Waals surface area (Å²) in [6.45, 7) is 1.50. The lowest BCUT2D eigenvalue weighted by Crippen LogP contribution is -2.42. The van der Waals surface area contributed by atoms with Crippen LogP contribution in [0.1, 0.15) is 23.7 Å². The summed E-state index contributed by atoms with van der Waals surface area (Å²) in [6, 6.07) is 14.1. The highest BCUT2D eigenvalue weighted by atomic mass is 19.1. The SMILES string of the molecule is COc1cccc(CCC(=O)N2CCOC(c3cccc(F)c3)C2)c1. The first kappa shape index (κ1) is 17.4. The summed E-state index contributed by atoms with van der Waals surface area (Å²) in [4.78, 5) is 14.3. The van der Waals surface area contributed by atoms with Crippen LogP contribution in [0.3, 0.4) is 0 Å². The Morgan fingerprint density at radius 3 is 2.92 bits per heavy atom. The molecule has 0 aliphatic carbocycles. The van der Waals surface area contributed by atoms with E-state index in [1.165, 1.54) is 12.1 Å². The van der Waals surface area contributed by atoms with E-state index in [0.29, 0.717) is 32.5 Å². The van der Waals surface area contributed by atoms with E-state index in [1.54, 1.807) is 18.1 Å². The molecule has 1 aliphatic rings. The van der Waals surface area contributed by atoms with Crippen LogP contribution >= 0.6 is 0 Å². The van der Waals surface area contributed by atoms with Gasteiger partial charge in [0, 0.05) is 13.0 Å². The maximum absolute atomic E-state index is 13.4. The highest BCUT2D eigenvalue weighted by Crippen LogP contribution is 2.23. The topological polar surface area (TPSA) is 38.8 Å². The van der Waals surface area contributed by atoms with Crippen molar-refractivity contribution < 1.29 is 18.7 Å².